The Morgan fingerprint density at radius 3 is 2.00 bits per heavy atom. The molecule has 0 aromatic heterocycles. The van der Waals surface area contributed by atoms with Crippen molar-refractivity contribution in [3.8, 4) is 0 Å². The molecular weight excluding hydrogens is 400 g/mol. The van der Waals surface area contributed by atoms with Gasteiger partial charge in [-0.05, 0) is 0 Å². The zero-order chi connectivity index (χ0) is 21.3. The predicted molar refractivity (Wildman–Crippen MR) is 87.5 cm³/mol. The number of carboxylic acids is 1. The van der Waals surface area contributed by atoms with Crippen LogP contribution in [0.5, 0.6) is 0 Å². The van der Waals surface area contributed by atoms with Crippen molar-refractivity contribution in [2.45, 2.75) is 67.1 Å². The number of carbonyl (C=O) groups is 1. The summed E-state index contributed by atoms with van der Waals surface area (Å²) in [6.07, 6.45) is -14.3. The summed E-state index contributed by atoms with van der Waals surface area (Å²) in [4.78, 5) is 10.9. The van der Waals surface area contributed by atoms with Gasteiger partial charge >= 0.3 is 5.97 Å². The van der Waals surface area contributed by atoms with Crippen LogP contribution >= 0.6 is 0 Å². The van der Waals surface area contributed by atoms with Gasteiger partial charge in [0.15, 0.2) is 0 Å². The quantitative estimate of drug-likeness (QED) is 0.213. The lowest BCUT2D eigenvalue weighted by Gasteiger charge is -2.52. The normalized spacial score (nSPS) is 48.1. The highest BCUT2D eigenvalue weighted by Crippen LogP contribution is 2.36. The van der Waals surface area contributed by atoms with Crippen LogP contribution in [0, 0.1) is 0 Å². The highest BCUT2D eigenvalue weighted by atomic mass is 16.7. The molecule has 3 saturated heterocycles. The van der Waals surface area contributed by atoms with E-state index in [0.29, 0.717) is 0 Å². The fourth-order valence-corrected chi connectivity index (χ4v) is 3.89. The van der Waals surface area contributed by atoms with Crippen LogP contribution in [0.2, 0.25) is 0 Å². The lowest BCUT2D eigenvalue weighted by molar-refractivity contribution is -0.352. The zero-order valence-corrected chi connectivity index (χ0v) is 15.3. The molecule has 0 aliphatic carbocycles. The summed E-state index contributed by atoms with van der Waals surface area (Å²) in [6.45, 7) is -2.35. The van der Waals surface area contributed by atoms with E-state index in [2.05, 4.69) is 0 Å². The number of hydrogen-bond acceptors (Lipinski definition) is 12. The second kappa shape index (κ2) is 9.45. The summed E-state index contributed by atoms with van der Waals surface area (Å²) >= 11 is 0. The molecular formula is C16H26O13. The molecule has 13 heteroatoms. The molecule has 13 nitrogen and oxygen atoms in total. The Balaban J connectivity index is 1.84. The molecule has 3 aliphatic heterocycles. The molecule has 7 N–H and O–H groups in total. The number of aliphatic hydroxyl groups excluding tert-OH is 6. The third kappa shape index (κ3) is 4.40. The highest BCUT2D eigenvalue weighted by molar-refractivity contribution is 5.68. The maximum absolute atomic E-state index is 10.9. The number of aliphatic hydroxyl groups is 6. The van der Waals surface area contributed by atoms with Crippen LogP contribution in [0.25, 0.3) is 0 Å². The van der Waals surface area contributed by atoms with Crippen LogP contribution in [0.3, 0.4) is 0 Å². The highest BCUT2D eigenvalue weighted by Gasteiger charge is 2.57. The average Bonchev–Trinajstić information content (AvgIpc) is 2.70. The van der Waals surface area contributed by atoms with Gasteiger partial charge in [0.2, 0.25) is 0 Å². The molecule has 3 rings (SSSR count). The molecule has 3 aliphatic rings. The summed E-state index contributed by atoms with van der Waals surface area (Å²) in [5, 5.41) is 68.5. The van der Waals surface area contributed by atoms with Crippen LogP contribution in [-0.2, 0) is 28.5 Å². The van der Waals surface area contributed by atoms with Gasteiger partial charge in [0.1, 0.15) is 80.5 Å². The van der Waals surface area contributed by atoms with E-state index in [4.69, 9.17) is 28.8 Å². The Hall–Kier alpha value is -0.970. The fourth-order valence-electron chi connectivity index (χ4n) is 3.89. The Morgan fingerprint density at radius 2 is 1.38 bits per heavy atom. The average molecular weight is 426 g/mol. The predicted octanol–water partition coefficient (Wildman–Crippen LogP) is -4.84. The van der Waals surface area contributed by atoms with Gasteiger partial charge in [-0.25, -0.2) is 4.79 Å². The van der Waals surface area contributed by atoms with Gasteiger partial charge in [-0.3, -0.25) is 0 Å². The van der Waals surface area contributed by atoms with Crippen molar-refractivity contribution >= 4 is 5.97 Å². The lowest BCUT2D eigenvalue weighted by Crippen LogP contribution is -2.71. The number of aliphatic carboxylic acids is 1. The van der Waals surface area contributed by atoms with Crippen molar-refractivity contribution in [3.05, 3.63) is 0 Å². The number of carboxylic acid groups (broad SMARTS) is 1. The summed E-state index contributed by atoms with van der Waals surface area (Å²) in [5.41, 5.74) is 0. The largest absolute Gasteiger partial charge is 0.480 e. The van der Waals surface area contributed by atoms with Crippen LogP contribution in [-0.4, -0.2) is 135 Å². The summed E-state index contributed by atoms with van der Waals surface area (Å²) in [7, 11) is 0. The summed E-state index contributed by atoms with van der Waals surface area (Å²) in [6, 6.07) is 0. The van der Waals surface area contributed by atoms with E-state index in [1.807, 2.05) is 0 Å². The van der Waals surface area contributed by atoms with Gasteiger partial charge < -0.3 is 59.4 Å². The molecule has 0 aromatic rings. The molecule has 3 heterocycles. The van der Waals surface area contributed by atoms with E-state index < -0.39 is 92.9 Å². The van der Waals surface area contributed by atoms with Crippen molar-refractivity contribution < 1.29 is 64.2 Å². The number of hydrogen-bond donors (Lipinski definition) is 7. The third-order valence-electron chi connectivity index (χ3n) is 5.37. The maximum Gasteiger partial charge on any atom is 0.329 e. The second-order valence-electron chi connectivity index (χ2n) is 7.16. The third-order valence-corrected chi connectivity index (χ3v) is 5.37. The van der Waals surface area contributed by atoms with E-state index in [1.54, 1.807) is 0 Å². The summed E-state index contributed by atoms with van der Waals surface area (Å²) in [5.74, 6) is -1.28. The second-order valence-corrected chi connectivity index (χ2v) is 7.16. The van der Waals surface area contributed by atoms with Crippen molar-refractivity contribution in [1.82, 2.24) is 0 Å². The van der Waals surface area contributed by atoms with Gasteiger partial charge in [-0.1, -0.05) is 0 Å². The van der Waals surface area contributed by atoms with E-state index in [1.165, 1.54) is 0 Å². The first-order valence-corrected chi connectivity index (χ1v) is 9.11. The molecule has 29 heavy (non-hydrogen) atoms. The molecule has 11 atom stereocenters. The van der Waals surface area contributed by atoms with E-state index in [9.17, 15) is 35.4 Å². The first-order valence-electron chi connectivity index (χ1n) is 9.11. The lowest BCUT2D eigenvalue weighted by atomic mass is 9.85. The Morgan fingerprint density at radius 1 is 0.793 bits per heavy atom. The van der Waals surface area contributed by atoms with Crippen molar-refractivity contribution in [2.75, 3.05) is 26.6 Å². The standard InChI is InChI=1S/C16H26O13/c17-1-5-8(21)10(23)11(24)13(28-5)15-16-14(26-4-27-15)12(25-3-7(19)20)9(22)6(2-18)29-16/h5-6,8-18,21-24H,1-4H2,(H,19,20). The van der Waals surface area contributed by atoms with Gasteiger partial charge in [0.25, 0.3) is 0 Å². The molecule has 0 bridgehead atoms. The monoisotopic (exact) mass is 426 g/mol. The molecule has 0 saturated carbocycles. The molecule has 168 valence electrons. The number of fused-ring (bicyclic) bond motifs is 1. The molecule has 0 radical (unpaired) electrons. The number of rotatable bonds is 6. The Labute approximate surface area is 164 Å². The van der Waals surface area contributed by atoms with Gasteiger partial charge in [-0.2, -0.15) is 0 Å². The van der Waals surface area contributed by atoms with E-state index in [-0.39, 0.29) is 6.79 Å². The minimum atomic E-state index is -1.64. The molecule has 11 unspecified atom stereocenters. The molecule has 0 aromatic carbocycles. The number of ether oxygens (including phenoxy) is 5. The first-order chi connectivity index (χ1) is 13.8. The Kier molecular flexibility index (Phi) is 7.40. The first kappa shape index (κ1) is 22.7. The van der Waals surface area contributed by atoms with Crippen molar-refractivity contribution in [3.63, 3.8) is 0 Å². The SMILES string of the molecule is O=C(O)COC1C(O)C(CO)OC2C1OCOC2C1OC(CO)C(O)C(O)C1O. The van der Waals surface area contributed by atoms with Crippen LogP contribution in [0.15, 0.2) is 0 Å². The molecule has 0 amide bonds. The molecule has 0 spiro atoms. The van der Waals surface area contributed by atoms with Gasteiger partial charge in [0, 0.05) is 0 Å². The maximum atomic E-state index is 10.9. The topological polar surface area (TPSA) is 205 Å². The van der Waals surface area contributed by atoms with Crippen LogP contribution in [0.1, 0.15) is 0 Å². The van der Waals surface area contributed by atoms with E-state index >= 15 is 0 Å². The van der Waals surface area contributed by atoms with Crippen molar-refractivity contribution in [1.29, 1.82) is 0 Å². The van der Waals surface area contributed by atoms with Gasteiger partial charge in [0.05, 0.1) is 13.2 Å². The smallest absolute Gasteiger partial charge is 0.329 e. The zero-order valence-electron chi connectivity index (χ0n) is 15.3. The van der Waals surface area contributed by atoms with E-state index in [0.717, 1.165) is 0 Å². The van der Waals surface area contributed by atoms with Crippen LogP contribution < -0.4 is 0 Å². The van der Waals surface area contributed by atoms with Gasteiger partial charge in [-0.15, -0.1) is 0 Å². The Bertz CT molecular complexity index is 559. The fraction of sp³-hybridized carbons (Fsp3) is 0.938. The molecule has 3 fully saturated rings. The van der Waals surface area contributed by atoms with Crippen LogP contribution in [0.4, 0.5) is 0 Å². The minimum Gasteiger partial charge on any atom is -0.480 e. The van der Waals surface area contributed by atoms with Crippen molar-refractivity contribution in [2.24, 2.45) is 0 Å². The minimum absolute atomic E-state index is 0.354. The summed E-state index contributed by atoms with van der Waals surface area (Å²) < 4.78 is 27.4.